The molecule has 2 aliphatic heterocycles. The first kappa shape index (κ1) is 18.3. The number of halogens is 1. The third-order valence-corrected chi connectivity index (χ3v) is 5.43. The fourth-order valence-corrected chi connectivity index (χ4v) is 3.78. The van der Waals surface area contributed by atoms with Crippen LogP contribution in [0.4, 0.5) is 0 Å². The number of fused-ring (bicyclic) bond motifs is 1. The Morgan fingerprint density at radius 1 is 1.00 bits per heavy atom. The first-order valence-electron chi connectivity index (χ1n) is 9.25. The number of carbonyl (C=O) groups excluding carboxylic acids is 2. The molecule has 0 atom stereocenters. The fraction of sp³-hybridized carbons (Fsp3) is 0.474. The van der Waals surface area contributed by atoms with Gasteiger partial charge in [0.2, 0.25) is 5.91 Å². The van der Waals surface area contributed by atoms with Gasteiger partial charge < -0.3 is 19.5 Å². The second kappa shape index (κ2) is 7.88. The highest BCUT2D eigenvalue weighted by atomic mass is 35.5. The average molecular weight is 391 g/mol. The van der Waals surface area contributed by atoms with Crippen LogP contribution >= 0.6 is 11.6 Å². The minimum atomic E-state index is -0.0393. The van der Waals surface area contributed by atoms with Crippen LogP contribution in [-0.2, 0) is 9.53 Å². The predicted molar refractivity (Wildman–Crippen MR) is 103 cm³/mol. The number of morpholine rings is 1. The van der Waals surface area contributed by atoms with Crippen LogP contribution in [0.15, 0.2) is 24.3 Å². The molecule has 2 aliphatic rings. The van der Waals surface area contributed by atoms with Crippen LogP contribution in [0.25, 0.3) is 10.9 Å². The molecule has 8 heteroatoms. The molecule has 0 saturated carbocycles. The number of piperazine rings is 1. The Morgan fingerprint density at radius 2 is 1.70 bits per heavy atom. The number of nitrogens with zero attached hydrogens (tertiary/aromatic N) is 3. The summed E-state index contributed by atoms with van der Waals surface area (Å²) in [5, 5.41) is 1.57. The first-order valence-corrected chi connectivity index (χ1v) is 9.63. The van der Waals surface area contributed by atoms with Crippen LogP contribution in [0.1, 0.15) is 10.5 Å². The highest BCUT2D eigenvalue weighted by Gasteiger charge is 2.26. The summed E-state index contributed by atoms with van der Waals surface area (Å²) in [7, 11) is 0. The van der Waals surface area contributed by atoms with Gasteiger partial charge in [0.05, 0.1) is 19.8 Å². The summed E-state index contributed by atoms with van der Waals surface area (Å²) in [6.45, 7) is 5.63. The summed E-state index contributed by atoms with van der Waals surface area (Å²) in [4.78, 5) is 34.2. The van der Waals surface area contributed by atoms with Gasteiger partial charge in [-0.15, -0.1) is 0 Å². The van der Waals surface area contributed by atoms with E-state index < -0.39 is 0 Å². The maximum Gasteiger partial charge on any atom is 0.270 e. The average Bonchev–Trinajstić information content (AvgIpc) is 3.11. The number of amides is 2. The van der Waals surface area contributed by atoms with Crippen molar-refractivity contribution in [2.45, 2.75) is 0 Å². The molecular weight excluding hydrogens is 368 g/mol. The normalized spacial score (nSPS) is 18.9. The van der Waals surface area contributed by atoms with Crippen LogP contribution in [0, 0.1) is 0 Å². The van der Waals surface area contributed by atoms with E-state index in [0.717, 1.165) is 24.0 Å². The second-order valence-corrected chi connectivity index (χ2v) is 7.41. The number of hydrogen-bond acceptors (Lipinski definition) is 4. The minimum absolute atomic E-state index is 0.0393. The van der Waals surface area contributed by atoms with Crippen molar-refractivity contribution in [1.29, 1.82) is 0 Å². The van der Waals surface area contributed by atoms with Gasteiger partial charge in [-0.1, -0.05) is 11.6 Å². The maximum atomic E-state index is 12.8. The molecule has 2 fully saturated rings. The summed E-state index contributed by atoms with van der Waals surface area (Å²) in [6, 6.07) is 7.34. The van der Waals surface area contributed by atoms with E-state index in [1.165, 1.54) is 0 Å². The van der Waals surface area contributed by atoms with Crippen LogP contribution < -0.4 is 0 Å². The van der Waals surface area contributed by atoms with Crippen molar-refractivity contribution >= 4 is 34.3 Å². The van der Waals surface area contributed by atoms with E-state index in [-0.39, 0.29) is 11.8 Å². The van der Waals surface area contributed by atoms with Gasteiger partial charge in [0, 0.05) is 55.2 Å². The Labute approximate surface area is 162 Å². The van der Waals surface area contributed by atoms with Crippen LogP contribution in [-0.4, -0.2) is 90.5 Å². The van der Waals surface area contributed by atoms with Crippen molar-refractivity contribution in [3.05, 3.63) is 35.0 Å². The number of nitrogens with one attached hydrogen (secondary N) is 1. The van der Waals surface area contributed by atoms with Gasteiger partial charge in [-0.2, -0.15) is 0 Å². The number of H-pyrrole nitrogens is 1. The smallest absolute Gasteiger partial charge is 0.270 e. The molecule has 1 aromatic heterocycles. The summed E-state index contributed by atoms with van der Waals surface area (Å²) in [6.07, 6.45) is 0. The molecule has 2 aromatic rings. The lowest BCUT2D eigenvalue weighted by atomic mass is 10.2. The molecule has 1 N–H and O–H groups in total. The largest absolute Gasteiger partial charge is 0.379 e. The molecule has 2 amide bonds. The Kier molecular flexibility index (Phi) is 5.33. The van der Waals surface area contributed by atoms with E-state index in [1.807, 2.05) is 23.1 Å². The van der Waals surface area contributed by atoms with E-state index in [2.05, 4.69) is 9.88 Å². The molecule has 0 spiro atoms. The molecule has 0 aliphatic carbocycles. The van der Waals surface area contributed by atoms with Gasteiger partial charge in [-0.3, -0.25) is 14.5 Å². The number of benzene rings is 1. The van der Waals surface area contributed by atoms with Crippen molar-refractivity contribution in [3.63, 3.8) is 0 Å². The SMILES string of the molecule is O=C(CN1CCOCC1)N1CCN(C(=O)c2cc3cc(Cl)ccc3[nH]2)CC1. The van der Waals surface area contributed by atoms with E-state index in [0.29, 0.717) is 56.7 Å². The Morgan fingerprint density at radius 3 is 2.44 bits per heavy atom. The minimum Gasteiger partial charge on any atom is -0.379 e. The van der Waals surface area contributed by atoms with Gasteiger partial charge in [0.1, 0.15) is 5.69 Å². The molecule has 1 aromatic carbocycles. The quantitative estimate of drug-likeness (QED) is 0.861. The lowest BCUT2D eigenvalue weighted by Gasteiger charge is -2.36. The molecular formula is C19H23ClN4O3. The van der Waals surface area contributed by atoms with E-state index in [4.69, 9.17) is 16.3 Å². The first-order chi connectivity index (χ1) is 13.1. The van der Waals surface area contributed by atoms with Crippen molar-refractivity contribution in [2.75, 3.05) is 59.0 Å². The van der Waals surface area contributed by atoms with Crippen molar-refractivity contribution in [2.24, 2.45) is 0 Å². The summed E-state index contributed by atoms with van der Waals surface area (Å²) in [5.74, 6) is 0.0897. The number of aromatic nitrogens is 1. The maximum absolute atomic E-state index is 12.8. The van der Waals surface area contributed by atoms with Gasteiger partial charge >= 0.3 is 0 Å². The van der Waals surface area contributed by atoms with Gasteiger partial charge in [0.25, 0.3) is 5.91 Å². The second-order valence-electron chi connectivity index (χ2n) is 6.98. The zero-order valence-electron chi connectivity index (χ0n) is 15.1. The highest BCUT2D eigenvalue weighted by molar-refractivity contribution is 6.31. The standard InChI is InChI=1S/C19H23ClN4O3/c20-15-1-2-16-14(11-15)12-17(21-16)19(26)24-5-3-23(4-6-24)18(25)13-22-7-9-27-10-8-22/h1-2,11-12,21H,3-10,13H2. The van der Waals surface area contributed by atoms with Crippen molar-refractivity contribution < 1.29 is 14.3 Å². The third kappa shape index (κ3) is 4.10. The molecule has 144 valence electrons. The molecule has 0 bridgehead atoms. The molecule has 27 heavy (non-hydrogen) atoms. The van der Waals surface area contributed by atoms with Crippen LogP contribution in [0.5, 0.6) is 0 Å². The summed E-state index contributed by atoms with van der Waals surface area (Å²) < 4.78 is 5.32. The lowest BCUT2D eigenvalue weighted by Crippen LogP contribution is -2.53. The lowest BCUT2D eigenvalue weighted by molar-refractivity contribution is -0.134. The molecule has 3 heterocycles. The monoisotopic (exact) mass is 390 g/mol. The number of rotatable bonds is 3. The number of ether oxygens (including phenoxy) is 1. The molecule has 0 unspecified atom stereocenters. The highest BCUT2D eigenvalue weighted by Crippen LogP contribution is 2.21. The third-order valence-electron chi connectivity index (χ3n) is 5.20. The van der Waals surface area contributed by atoms with Gasteiger partial charge in [0.15, 0.2) is 0 Å². The van der Waals surface area contributed by atoms with Gasteiger partial charge in [-0.25, -0.2) is 0 Å². The summed E-state index contributed by atoms with van der Waals surface area (Å²) in [5.41, 5.74) is 1.45. The summed E-state index contributed by atoms with van der Waals surface area (Å²) >= 11 is 6.01. The predicted octanol–water partition coefficient (Wildman–Crippen LogP) is 1.44. The molecule has 4 rings (SSSR count). The fourth-order valence-electron chi connectivity index (χ4n) is 3.60. The molecule has 2 saturated heterocycles. The van der Waals surface area contributed by atoms with Crippen LogP contribution in [0.3, 0.4) is 0 Å². The van der Waals surface area contributed by atoms with Crippen molar-refractivity contribution in [3.8, 4) is 0 Å². The number of carbonyl (C=O) groups is 2. The molecule has 0 radical (unpaired) electrons. The topological polar surface area (TPSA) is 68.9 Å². The Balaban J connectivity index is 1.33. The molecule has 7 nitrogen and oxygen atoms in total. The zero-order chi connectivity index (χ0) is 18.8. The van der Waals surface area contributed by atoms with E-state index >= 15 is 0 Å². The van der Waals surface area contributed by atoms with E-state index in [9.17, 15) is 9.59 Å². The Bertz CT molecular complexity index is 839. The van der Waals surface area contributed by atoms with Crippen LogP contribution in [0.2, 0.25) is 5.02 Å². The number of aromatic amines is 1. The zero-order valence-corrected chi connectivity index (χ0v) is 15.9. The Hall–Kier alpha value is -2.09. The van der Waals surface area contributed by atoms with Gasteiger partial charge in [-0.05, 0) is 24.3 Å². The van der Waals surface area contributed by atoms with Crippen molar-refractivity contribution in [1.82, 2.24) is 19.7 Å². The number of hydrogen-bond donors (Lipinski definition) is 1. The van der Waals surface area contributed by atoms with E-state index in [1.54, 1.807) is 11.0 Å².